The zero-order valence-electron chi connectivity index (χ0n) is 15.5. The first-order valence-electron chi connectivity index (χ1n) is 8.33. The Balaban J connectivity index is 2.16. The van der Waals surface area contributed by atoms with Crippen LogP contribution in [0.25, 0.3) is 0 Å². The van der Waals surface area contributed by atoms with Crippen molar-refractivity contribution in [3.05, 3.63) is 77.1 Å². The van der Waals surface area contributed by atoms with Crippen LogP contribution in [-0.2, 0) is 14.8 Å². The maximum absolute atomic E-state index is 13.9. The number of hydrogen-bond donors (Lipinski definition) is 1. The number of ether oxygens (including phenoxy) is 1. The summed E-state index contributed by atoms with van der Waals surface area (Å²) in [6.07, 6.45) is 1.30. The number of esters is 1. The number of Topliss-reactive ketones (excluding diaryl/α,β-unsaturated/α-hetero) is 1. The van der Waals surface area contributed by atoms with Gasteiger partial charge in [0.1, 0.15) is 10.7 Å². The fourth-order valence-corrected chi connectivity index (χ4v) is 3.51. The zero-order valence-corrected chi connectivity index (χ0v) is 16.3. The molecule has 0 bridgehead atoms. The van der Waals surface area contributed by atoms with E-state index in [-0.39, 0.29) is 12.1 Å². The molecule has 0 atom stereocenters. The van der Waals surface area contributed by atoms with Gasteiger partial charge in [-0.25, -0.2) is 22.3 Å². The summed E-state index contributed by atoms with van der Waals surface area (Å²) >= 11 is 0. The van der Waals surface area contributed by atoms with Gasteiger partial charge in [-0.1, -0.05) is 23.8 Å². The molecule has 0 aromatic heterocycles. The van der Waals surface area contributed by atoms with E-state index < -0.39 is 39.1 Å². The Morgan fingerprint density at radius 3 is 2.57 bits per heavy atom. The molecule has 0 fully saturated rings. The second-order valence-corrected chi connectivity index (χ2v) is 7.84. The molecule has 2 aromatic carbocycles. The van der Waals surface area contributed by atoms with E-state index in [1.807, 2.05) is 13.0 Å². The standard InChI is InChI=1S/C20H20FNO5S/c1-4-9-22-28(25,26)19-11-15(7-8-17(19)21)20(24)27-12-18(23)16-10-13(2)5-6-14(16)3/h4-8,10-11,22H,1,9,12H2,2-3H3. The van der Waals surface area contributed by atoms with Crippen LogP contribution < -0.4 is 4.72 Å². The Labute approximate surface area is 163 Å². The molecule has 148 valence electrons. The van der Waals surface area contributed by atoms with Gasteiger partial charge < -0.3 is 4.74 Å². The van der Waals surface area contributed by atoms with Crippen molar-refractivity contribution in [2.24, 2.45) is 0 Å². The molecule has 2 rings (SSSR count). The summed E-state index contributed by atoms with van der Waals surface area (Å²) in [5, 5.41) is 0. The third-order valence-electron chi connectivity index (χ3n) is 3.90. The van der Waals surface area contributed by atoms with Gasteiger partial charge in [0.2, 0.25) is 15.8 Å². The van der Waals surface area contributed by atoms with Crippen LogP contribution in [-0.4, -0.2) is 33.3 Å². The van der Waals surface area contributed by atoms with Gasteiger partial charge >= 0.3 is 5.97 Å². The van der Waals surface area contributed by atoms with E-state index in [2.05, 4.69) is 11.3 Å². The highest BCUT2D eigenvalue weighted by Crippen LogP contribution is 2.18. The van der Waals surface area contributed by atoms with Crippen LogP contribution in [0.2, 0.25) is 0 Å². The Kier molecular flexibility index (Phi) is 6.82. The zero-order chi connectivity index (χ0) is 20.9. The second-order valence-electron chi connectivity index (χ2n) is 6.10. The van der Waals surface area contributed by atoms with Gasteiger partial charge in [-0.15, -0.1) is 6.58 Å². The summed E-state index contributed by atoms with van der Waals surface area (Å²) in [6.45, 7) is 6.37. The molecule has 1 N–H and O–H groups in total. The first-order chi connectivity index (χ1) is 13.2. The Hall–Kier alpha value is -2.84. The highest BCUT2D eigenvalue weighted by Gasteiger charge is 2.21. The molecule has 0 saturated carbocycles. The Bertz CT molecular complexity index is 1030. The first-order valence-corrected chi connectivity index (χ1v) is 9.81. The number of nitrogens with one attached hydrogen (secondary N) is 1. The van der Waals surface area contributed by atoms with Crippen molar-refractivity contribution in [1.82, 2.24) is 4.72 Å². The number of rotatable bonds is 8. The van der Waals surface area contributed by atoms with Gasteiger partial charge in [0.05, 0.1) is 5.56 Å². The van der Waals surface area contributed by atoms with Crippen LogP contribution in [0.15, 0.2) is 53.9 Å². The quantitative estimate of drug-likeness (QED) is 0.414. The Morgan fingerprint density at radius 2 is 1.89 bits per heavy atom. The third-order valence-corrected chi connectivity index (χ3v) is 5.34. The van der Waals surface area contributed by atoms with Gasteiger partial charge in [-0.05, 0) is 43.7 Å². The molecule has 0 amide bonds. The van der Waals surface area contributed by atoms with Crippen LogP contribution in [0.1, 0.15) is 31.8 Å². The summed E-state index contributed by atoms with van der Waals surface area (Å²) in [5.74, 6) is -2.34. The Morgan fingerprint density at radius 1 is 1.18 bits per heavy atom. The molecule has 0 aliphatic heterocycles. The lowest BCUT2D eigenvalue weighted by atomic mass is 10.0. The van der Waals surface area contributed by atoms with E-state index in [4.69, 9.17) is 4.74 Å². The minimum atomic E-state index is -4.16. The summed E-state index contributed by atoms with van der Waals surface area (Å²) in [4.78, 5) is 23.8. The van der Waals surface area contributed by atoms with E-state index in [1.165, 1.54) is 6.08 Å². The normalized spacial score (nSPS) is 11.1. The van der Waals surface area contributed by atoms with Crippen LogP contribution >= 0.6 is 0 Å². The lowest BCUT2D eigenvalue weighted by molar-refractivity contribution is 0.0474. The molecule has 0 aliphatic carbocycles. The molecule has 8 heteroatoms. The largest absolute Gasteiger partial charge is 0.454 e. The summed E-state index contributed by atoms with van der Waals surface area (Å²) in [5.41, 5.74) is 1.88. The average Bonchev–Trinajstić information content (AvgIpc) is 2.66. The minimum Gasteiger partial charge on any atom is -0.454 e. The minimum absolute atomic E-state index is 0.0964. The summed E-state index contributed by atoms with van der Waals surface area (Å²) < 4.78 is 45.2. The summed E-state index contributed by atoms with van der Waals surface area (Å²) in [6, 6.07) is 8.15. The highest BCUT2D eigenvalue weighted by atomic mass is 32.2. The molecule has 28 heavy (non-hydrogen) atoms. The number of carbonyl (C=O) groups excluding carboxylic acids is 2. The molecule has 2 aromatic rings. The number of hydrogen-bond acceptors (Lipinski definition) is 5. The van der Waals surface area contributed by atoms with Gasteiger partial charge in [0.15, 0.2) is 6.61 Å². The molecule has 0 radical (unpaired) electrons. The van der Waals surface area contributed by atoms with Crippen LogP contribution in [0.3, 0.4) is 0 Å². The maximum atomic E-state index is 13.9. The topological polar surface area (TPSA) is 89.5 Å². The number of carbonyl (C=O) groups is 2. The summed E-state index contributed by atoms with van der Waals surface area (Å²) in [7, 11) is -4.16. The monoisotopic (exact) mass is 405 g/mol. The van der Waals surface area contributed by atoms with E-state index >= 15 is 0 Å². The molecular weight excluding hydrogens is 385 g/mol. The molecule has 6 nitrogen and oxygen atoms in total. The number of benzene rings is 2. The SMILES string of the molecule is C=CCNS(=O)(=O)c1cc(C(=O)OCC(=O)c2cc(C)ccc2C)ccc1F. The highest BCUT2D eigenvalue weighted by molar-refractivity contribution is 7.89. The van der Waals surface area contributed by atoms with Crippen molar-refractivity contribution >= 4 is 21.8 Å². The van der Waals surface area contributed by atoms with Gasteiger partial charge in [0.25, 0.3) is 0 Å². The van der Waals surface area contributed by atoms with Crippen molar-refractivity contribution in [3.8, 4) is 0 Å². The van der Waals surface area contributed by atoms with Crippen LogP contribution in [0.5, 0.6) is 0 Å². The van der Waals surface area contributed by atoms with Gasteiger partial charge in [0, 0.05) is 12.1 Å². The number of ketones is 1. The van der Waals surface area contributed by atoms with Crippen molar-refractivity contribution in [1.29, 1.82) is 0 Å². The number of aryl methyl sites for hydroxylation is 2. The molecular formula is C20H20FNO5S. The smallest absolute Gasteiger partial charge is 0.338 e. The van der Waals surface area contributed by atoms with E-state index in [0.29, 0.717) is 5.56 Å². The molecule has 0 aliphatic rings. The first kappa shape index (κ1) is 21.5. The molecule has 0 spiro atoms. The molecule has 0 unspecified atom stereocenters. The van der Waals surface area contributed by atoms with Crippen LogP contribution in [0, 0.1) is 19.7 Å². The van der Waals surface area contributed by atoms with Crippen molar-refractivity contribution in [3.63, 3.8) is 0 Å². The number of halogens is 1. The van der Waals surface area contributed by atoms with E-state index in [0.717, 1.165) is 29.3 Å². The third kappa shape index (κ3) is 5.11. The van der Waals surface area contributed by atoms with Crippen molar-refractivity contribution < 1.29 is 27.1 Å². The van der Waals surface area contributed by atoms with E-state index in [9.17, 15) is 22.4 Å². The average molecular weight is 405 g/mol. The predicted molar refractivity (Wildman–Crippen MR) is 102 cm³/mol. The van der Waals surface area contributed by atoms with Gasteiger partial charge in [-0.3, -0.25) is 4.79 Å². The lowest BCUT2D eigenvalue weighted by Crippen LogP contribution is -2.25. The number of sulfonamides is 1. The van der Waals surface area contributed by atoms with Crippen LogP contribution in [0.4, 0.5) is 4.39 Å². The second kappa shape index (κ2) is 8.90. The molecule has 0 heterocycles. The lowest BCUT2D eigenvalue weighted by Gasteiger charge is -2.09. The predicted octanol–water partition coefficient (Wildman–Crippen LogP) is 2.95. The maximum Gasteiger partial charge on any atom is 0.338 e. The van der Waals surface area contributed by atoms with E-state index in [1.54, 1.807) is 19.1 Å². The fourth-order valence-electron chi connectivity index (χ4n) is 2.41. The van der Waals surface area contributed by atoms with Crippen molar-refractivity contribution in [2.75, 3.05) is 13.2 Å². The van der Waals surface area contributed by atoms with Gasteiger partial charge in [-0.2, -0.15) is 0 Å². The fraction of sp³-hybridized carbons (Fsp3) is 0.200. The molecule has 0 saturated heterocycles. The van der Waals surface area contributed by atoms with Crippen molar-refractivity contribution in [2.45, 2.75) is 18.7 Å².